The molecule has 5 heteroatoms. The van der Waals surface area contributed by atoms with E-state index in [-0.39, 0.29) is 0 Å². The Bertz CT molecular complexity index is 628. The molecule has 1 atom stereocenters. The lowest BCUT2D eigenvalue weighted by atomic mass is 10.0. The van der Waals surface area contributed by atoms with Gasteiger partial charge in [0.05, 0.1) is 6.20 Å². The lowest BCUT2D eigenvalue weighted by Gasteiger charge is -2.34. The quantitative estimate of drug-likeness (QED) is 0.932. The molecule has 2 heterocycles. The van der Waals surface area contributed by atoms with Crippen molar-refractivity contribution in [3.05, 3.63) is 36.0 Å². The van der Waals surface area contributed by atoms with Crippen LogP contribution in [0.3, 0.4) is 0 Å². The minimum atomic E-state index is 0.532. The Balaban J connectivity index is 1.80. The number of nitrogens with zero attached hydrogens (tertiary/aromatic N) is 4. The molecule has 2 aromatic rings. The van der Waals surface area contributed by atoms with Crippen LogP contribution in [0.4, 0.5) is 17.5 Å². The summed E-state index contributed by atoms with van der Waals surface area (Å²) >= 11 is 0. The first-order valence-corrected chi connectivity index (χ1v) is 8.06. The number of aryl methyl sites for hydroxylation is 1. The highest BCUT2D eigenvalue weighted by atomic mass is 15.3. The number of hydrogen-bond donors (Lipinski definition) is 1. The van der Waals surface area contributed by atoms with E-state index < -0.39 is 0 Å². The second-order valence-electron chi connectivity index (χ2n) is 5.89. The van der Waals surface area contributed by atoms with Crippen LogP contribution in [0.5, 0.6) is 0 Å². The van der Waals surface area contributed by atoms with E-state index in [1.165, 1.54) is 24.8 Å². The maximum atomic E-state index is 4.66. The maximum Gasteiger partial charge on any atom is 0.247 e. The fourth-order valence-corrected chi connectivity index (χ4v) is 3.04. The van der Waals surface area contributed by atoms with Crippen molar-refractivity contribution in [3.63, 3.8) is 0 Å². The van der Waals surface area contributed by atoms with Gasteiger partial charge in [0.15, 0.2) is 5.82 Å². The Kier molecular flexibility index (Phi) is 4.51. The lowest BCUT2D eigenvalue weighted by Crippen LogP contribution is -2.40. The molecule has 0 saturated carbocycles. The molecule has 1 aromatic heterocycles. The summed E-state index contributed by atoms with van der Waals surface area (Å²) in [5, 5.41) is 11.7. The van der Waals surface area contributed by atoms with Gasteiger partial charge in [-0.05, 0) is 50.3 Å². The first-order valence-electron chi connectivity index (χ1n) is 8.06. The summed E-state index contributed by atoms with van der Waals surface area (Å²) in [6, 6.07) is 8.77. The maximum absolute atomic E-state index is 4.66. The zero-order chi connectivity index (χ0) is 15.4. The van der Waals surface area contributed by atoms with Crippen molar-refractivity contribution in [2.75, 3.05) is 16.8 Å². The van der Waals surface area contributed by atoms with Gasteiger partial charge in [-0.2, -0.15) is 10.1 Å². The van der Waals surface area contributed by atoms with E-state index in [2.05, 4.69) is 51.4 Å². The van der Waals surface area contributed by atoms with E-state index in [1.54, 1.807) is 6.20 Å². The Hall–Kier alpha value is -2.17. The first kappa shape index (κ1) is 14.8. The Morgan fingerprint density at radius 3 is 3.05 bits per heavy atom. The highest BCUT2D eigenvalue weighted by Crippen LogP contribution is 2.24. The smallest absolute Gasteiger partial charge is 0.247 e. The van der Waals surface area contributed by atoms with Crippen LogP contribution in [0.25, 0.3) is 0 Å². The average molecular weight is 297 g/mol. The van der Waals surface area contributed by atoms with Crippen LogP contribution < -0.4 is 10.2 Å². The molecule has 22 heavy (non-hydrogen) atoms. The van der Waals surface area contributed by atoms with E-state index in [1.807, 2.05) is 12.1 Å². The van der Waals surface area contributed by atoms with Gasteiger partial charge in [0, 0.05) is 18.3 Å². The van der Waals surface area contributed by atoms with Crippen LogP contribution in [0, 0.1) is 6.92 Å². The van der Waals surface area contributed by atoms with Gasteiger partial charge in [0.25, 0.3) is 0 Å². The first-order chi connectivity index (χ1) is 10.8. The molecule has 3 rings (SSSR count). The second-order valence-corrected chi connectivity index (χ2v) is 5.89. The molecule has 116 valence electrons. The van der Waals surface area contributed by atoms with Crippen LogP contribution in [0.15, 0.2) is 30.5 Å². The number of benzene rings is 1. The summed E-state index contributed by atoms with van der Waals surface area (Å²) in [5.74, 6) is 1.49. The molecule has 1 aliphatic heterocycles. The third-order valence-electron chi connectivity index (χ3n) is 4.19. The van der Waals surface area contributed by atoms with Crippen molar-refractivity contribution in [2.45, 2.75) is 45.6 Å². The molecule has 0 radical (unpaired) electrons. The van der Waals surface area contributed by atoms with Crippen LogP contribution in [-0.2, 0) is 0 Å². The number of nitrogens with one attached hydrogen (secondary N) is 1. The van der Waals surface area contributed by atoms with Crippen molar-refractivity contribution >= 4 is 17.5 Å². The molecular weight excluding hydrogens is 274 g/mol. The van der Waals surface area contributed by atoms with Gasteiger partial charge in [0.1, 0.15) is 0 Å². The molecule has 1 aliphatic rings. The van der Waals surface area contributed by atoms with Crippen LogP contribution in [-0.4, -0.2) is 27.8 Å². The van der Waals surface area contributed by atoms with Crippen molar-refractivity contribution in [1.29, 1.82) is 0 Å². The molecule has 1 saturated heterocycles. The molecule has 0 amide bonds. The Morgan fingerprint density at radius 1 is 1.32 bits per heavy atom. The SMILES string of the molecule is CCC1CCCCN1c1nncc(Nc2cccc(C)c2)n1. The highest BCUT2D eigenvalue weighted by molar-refractivity contribution is 5.57. The topological polar surface area (TPSA) is 53.9 Å². The third-order valence-corrected chi connectivity index (χ3v) is 4.19. The molecular formula is C17H23N5. The fraction of sp³-hybridized carbons (Fsp3) is 0.471. The lowest BCUT2D eigenvalue weighted by molar-refractivity contribution is 0.442. The molecule has 1 N–H and O–H groups in total. The number of aromatic nitrogens is 3. The van der Waals surface area contributed by atoms with E-state index >= 15 is 0 Å². The largest absolute Gasteiger partial charge is 0.339 e. The van der Waals surface area contributed by atoms with Crippen molar-refractivity contribution in [3.8, 4) is 0 Å². The van der Waals surface area contributed by atoms with Gasteiger partial charge in [-0.15, -0.1) is 5.10 Å². The average Bonchev–Trinajstić information content (AvgIpc) is 2.55. The molecule has 1 unspecified atom stereocenters. The van der Waals surface area contributed by atoms with Crippen LogP contribution in [0.1, 0.15) is 38.2 Å². The summed E-state index contributed by atoms with van der Waals surface area (Å²) in [7, 11) is 0. The monoisotopic (exact) mass is 297 g/mol. The molecule has 5 nitrogen and oxygen atoms in total. The van der Waals surface area contributed by atoms with E-state index in [4.69, 9.17) is 0 Å². The van der Waals surface area contributed by atoms with Crippen LogP contribution >= 0.6 is 0 Å². The minimum Gasteiger partial charge on any atom is -0.339 e. The summed E-state index contributed by atoms with van der Waals surface area (Å²) in [5.41, 5.74) is 2.24. The van der Waals surface area contributed by atoms with Crippen molar-refractivity contribution < 1.29 is 0 Å². The zero-order valence-electron chi connectivity index (χ0n) is 13.3. The molecule has 0 bridgehead atoms. The van der Waals surface area contributed by atoms with E-state index in [0.717, 1.165) is 30.4 Å². The number of hydrogen-bond acceptors (Lipinski definition) is 5. The standard InChI is InChI=1S/C17H23N5/c1-3-15-9-4-5-10-22(15)17-20-16(12-18-21-17)19-14-8-6-7-13(2)11-14/h6-8,11-12,15H,3-5,9-10H2,1-2H3,(H,19,20,21). The normalized spacial score (nSPS) is 18.3. The fourth-order valence-electron chi connectivity index (χ4n) is 3.04. The summed E-state index contributed by atoms with van der Waals surface area (Å²) in [4.78, 5) is 6.96. The Labute approximate surface area is 131 Å². The van der Waals surface area contributed by atoms with Gasteiger partial charge >= 0.3 is 0 Å². The van der Waals surface area contributed by atoms with Gasteiger partial charge in [-0.3, -0.25) is 0 Å². The highest BCUT2D eigenvalue weighted by Gasteiger charge is 2.23. The van der Waals surface area contributed by atoms with Crippen LogP contribution in [0.2, 0.25) is 0 Å². The predicted octanol–water partition coefficient (Wildman–Crippen LogP) is 3.69. The van der Waals surface area contributed by atoms with E-state index in [0.29, 0.717) is 6.04 Å². The number of rotatable bonds is 4. The predicted molar refractivity (Wildman–Crippen MR) is 89.6 cm³/mol. The Morgan fingerprint density at radius 2 is 2.23 bits per heavy atom. The number of anilines is 3. The third kappa shape index (κ3) is 3.35. The number of piperidine rings is 1. The molecule has 1 aromatic carbocycles. The second kappa shape index (κ2) is 6.73. The molecule has 0 spiro atoms. The van der Waals surface area contributed by atoms with Crippen molar-refractivity contribution in [1.82, 2.24) is 15.2 Å². The molecule has 1 fully saturated rings. The zero-order valence-corrected chi connectivity index (χ0v) is 13.3. The molecule has 0 aliphatic carbocycles. The summed E-state index contributed by atoms with van der Waals surface area (Å²) in [6.07, 6.45) is 6.52. The van der Waals surface area contributed by atoms with Gasteiger partial charge in [-0.1, -0.05) is 19.1 Å². The van der Waals surface area contributed by atoms with Gasteiger partial charge < -0.3 is 10.2 Å². The minimum absolute atomic E-state index is 0.532. The van der Waals surface area contributed by atoms with Gasteiger partial charge in [0.2, 0.25) is 5.95 Å². The summed E-state index contributed by atoms with van der Waals surface area (Å²) < 4.78 is 0. The van der Waals surface area contributed by atoms with E-state index in [9.17, 15) is 0 Å². The van der Waals surface area contributed by atoms with Crippen molar-refractivity contribution in [2.24, 2.45) is 0 Å². The summed E-state index contributed by atoms with van der Waals surface area (Å²) in [6.45, 7) is 5.33. The van der Waals surface area contributed by atoms with Gasteiger partial charge in [-0.25, -0.2) is 0 Å².